The van der Waals surface area contributed by atoms with E-state index in [0.717, 1.165) is 24.9 Å². The average Bonchev–Trinajstić information content (AvgIpc) is 3.35. The molecule has 3 aromatic rings. The molecule has 3 rings (SSSR count). The number of aryl methyl sites for hydroxylation is 1. The molecule has 2 aromatic carbocycles. The number of hydrogen-bond acceptors (Lipinski definition) is 4. The number of amides is 1. The second kappa shape index (κ2) is 18.4. The molecule has 0 aliphatic rings. The molecular formula is C33H46FN2O3S+. The molecule has 1 heterocycles. The van der Waals surface area contributed by atoms with Gasteiger partial charge in [-0.3, -0.25) is 4.79 Å². The Bertz CT molecular complexity index is 1150. The maximum Gasteiger partial charge on any atom is 0.262 e. The van der Waals surface area contributed by atoms with Crippen molar-refractivity contribution < 1.29 is 23.2 Å². The van der Waals surface area contributed by atoms with Crippen LogP contribution >= 0.6 is 11.3 Å². The number of anilines is 1. The van der Waals surface area contributed by atoms with Gasteiger partial charge < -0.3 is 14.8 Å². The molecule has 0 unspecified atom stereocenters. The van der Waals surface area contributed by atoms with Crippen LogP contribution in [0.5, 0.6) is 11.5 Å². The zero-order valence-corrected chi connectivity index (χ0v) is 25.1. The molecular weight excluding hydrogens is 523 g/mol. The zero-order valence-electron chi connectivity index (χ0n) is 24.3. The minimum atomic E-state index is -0.481. The molecule has 0 spiro atoms. The highest BCUT2D eigenvalue weighted by Crippen LogP contribution is 2.23. The van der Waals surface area contributed by atoms with Crippen LogP contribution in [0.25, 0.3) is 0 Å². The van der Waals surface area contributed by atoms with Gasteiger partial charge in [0.2, 0.25) is 5.51 Å². The van der Waals surface area contributed by atoms with Crippen molar-refractivity contribution in [3.8, 4) is 11.5 Å². The maximum atomic E-state index is 14.5. The molecule has 0 radical (unpaired) electrons. The van der Waals surface area contributed by atoms with Crippen LogP contribution in [0.1, 0.15) is 95.2 Å². The lowest BCUT2D eigenvalue weighted by Crippen LogP contribution is -2.34. The first kappa shape index (κ1) is 31.6. The number of nitrogens with zero attached hydrogens (tertiary/aromatic N) is 1. The number of hydrogen-bond donors (Lipinski definition) is 1. The van der Waals surface area contributed by atoms with Crippen LogP contribution in [0, 0.1) is 12.7 Å². The Morgan fingerprint density at radius 3 is 2.25 bits per heavy atom. The van der Waals surface area contributed by atoms with Crippen LogP contribution in [0.4, 0.5) is 10.1 Å². The fourth-order valence-corrected chi connectivity index (χ4v) is 5.40. The van der Waals surface area contributed by atoms with Crippen LogP contribution in [-0.2, 0) is 11.3 Å². The van der Waals surface area contributed by atoms with E-state index in [1.165, 1.54) is 76.0 Å². The summed E-state index contributed by atoms with van der Waals surface area (Å²) in [6.07, 6.45) is 15.3. The normalized spacial score (nSPS) is 11.0. The Morgan fingerprint density at radius 1 is 0.900 bits per heavy atom. The van der Waals surface area contributed by atoms with Gasteiger partial charge in [-0.25, -0.2) is 4.39 Å². The van der Waals surface area contributed by atoms with Crippen LogP contribution < -0.4 is 19.4 Å². The van der Waals surface area contributed by atoms with E-state index in [0.29, 0.717) is 18.0 Å². The van der Waals surface area contributed by atoms with E-state index in [-0.39, 0.29) is 18.3 Å². The van der Waals surface area contributed by atoms with Crippen molar-refractivity contribution >= 4 is 22.9 Å². The van der Waals surface area contributed by atoms with Gasteiger partial charge in [0.05, 0.1) is 12.0 Å². The van der Waals surface area contributed by atoms with Crippen molar-refractivity contribution in [1.29, 1.82) is 0 Å². The summed E-state index contributed by atoms with van der Waals surface area (Å²) in [5.74, 6) is -0.270. The lowest BCUT2D eigenvalue weighted by atomic mass is 10.1. The topological polar surface area (TPSA) is 51.4 Å². The standard InChI is InChI=1S/C33H45FN2O3S/c1-3-4-5-6-7-8-9-10-11-12-13-14-20-38-32-19-18-30(22-31(32)34)39-24-33(37)35-29-17-15-16-28(21-29)23-36-26-40-25-27(36)2/h15-19,21-22,25-26H,3-14,20,23-24H2,1-2H3/p+1. The van der Waals surface area contributed by atoms with Gasteiger partial charge in [0.15, 0.2) is 30.4 Å². The third-order valence-electron chi connectivity index (χ3n) is 6.97. The Balaban J connectivity index is 1.28. The fourth-order valence-electron chi connectivity index (χ4n) is 4.62. The second-order valence-corrected chi connectivity index (χ2v) is 11.2. The van der Waals surface area contributed by atoms with Crippen LogP contribution in [0.2, 0.25) is 0 Å². The third kappa shape index (κ3) is 12.1. The molecule has 1 N–H and O–H groups in total. The summed E-state index contributed by atoms with van der Waals surface area (Å²) in [4.78, 5) is 12.4. The van der Waals surface area contributed by atoms with E-state index in [4.69, 9.17) is 9.47 Å². The molecule has 1 amide bonds. The van der Waals surface area contributed by atoms with Crippen molar-refractivity contribution in [2.24, 2.45) is 0 Å². The highest BCUT2D eigenvalue weighted by molar-refractivity contribution is 7.07. The van der Waals surface area contributed by atoms with E-state index >= 15 is 0 Å². The highest BCUT2D eigenvalue weighted by atomic mass is 32.1. The smallest absolute Gasteiger partial charge is 0.262 e. The molecule has 0 bridgehead atoms. The molecule has 0 saturated heterocycles. The van der Waals surface area contributed by atoms with Crippen molar-refractivity contribution in [1.82, 2.24) is 0 Å². The molecule has 40 heavy (non-hydrogen) atoms. The van der Waals surface area contributed by atoms with Crippen LogP contribution in [0.15, 0.2) is 53.4 Å². The number of thiazole rings is 1. The Morgan fingerprint density at radius 2 is 1.60 bits per heavy atom. The fraction of sp³-hybridized carbons (Fsp3) is 0.515. The van der Waals surface area contributed by atoms with Gasteiger partial charge in [0.25, 0.3) is 5.91 Å². The SMILES string of the molecule is CCCCCCCCCCCCCCOc1ccc(OCC(=O)Nc2cccc(C[n+]3cscc3C)c2)cc1F. The lowest BCUT2D eigenvalue weighted by molar-refractivity contribution is -0.689. The summed E-state index contributed by atoms with van der Waals surface area (Å²) in [5, 5.41) is 4.95. The van der Waals surface area contributed by atoms with Crippen LogP contribution in [0.3, 0.4) is 0 Å². The summed E-state index contributed by atoms with van der Waals surface area (Å²) in [6.45, 7) is 5.36. The lowest BCUT2D eigenvalue weighted by Gasteiger charge is -2.11. The number of rotatable bonds is 20. The molecule has 0 atom stereocenters. The van der Waals surface area contributed by atoms with E-state index in [1.54, 1.807) is 23.5 Å². The first-order valence-electron chi connectivity index (χ1n) is 14.9. The minimum Gasteiger partial charge on any atom is -0.491 e. The number of nitrogens with one attached hydrogen (secondary N) is 1. The van der Waals surface area contributed by atoms with E-state index in [1.807, 2.05) is 24.3 Å². The molecule has 0 fully saturated rings. The van der Waals surface area contributed by atoms with Crippen LogP contribution in [-0.4, -0.2) is 19.1 Å². The van der Waals surface area contributed by atoms with Gasteiger partial charge in [-0.05, 0) is 30.7 Å². The Hall–Kier alpha value is -2.93. The zero-order chi connectivity index (χ0) is 28.4. The second-order valence-electron chi connectivity index (χ2n) is 10.5. The van der Waals surface area contributed by atoms with E-state index < -0.39 is 5.82 Å². The van der Waals surface area contributed by atoms with Gasteiger partial charge in [-0.1, -0.05) is 101 Å². The van der Waals surface area contributed by atoms with Crippen molar-refractivity contribution in [3.05, 3.63) is 70.4 Å². The first-order chi connectivity index (χ1) is 19.5. The average molecular weight is 570 g/mol. The van der Waals surface area contributed by atoms with Gasteiger partial charge >= 0.3 is 0 Å². The predicted molar refractivity (Wildman–Crippen MR) is 162 cm³/mol. The molecule has 1 aromatic heterocycles. The number of aromatic nitrogens is 1. The van der Waals surface area contributed by atoms with E-state index in [2.05, 4.69) is 34.6 Å². The van der Waals surface area contributed by atoms with Gasteiger partial charge in [0, 0.05) is 24.2 Å². The molecule has 7 heteroatoms. The van der Waals surface area contributed by atoms with E-state index in [9.17, 15) is 9.18 Å². The number of ether oxygens (including phenoxy) is 2. The van der Waals surface area contributed by atoms with Crippen molar-refractivity contribution in [2.75, 3.05) is 18.5 Å². The summed E-state index contributed by atoms with van der Waals surface area (Å²) in [7, 11) is 0. The minimum absolute atomic E-state index is 0.207. The van der Waals surface area contributed by atoms with Crippen molar-refractivity contribution in [2.45, 2.75) is 97.4 Å². The Labute approximate surface area is 243 Å². The first-order valence-corrected chi connectivity index (χ1v) is 15.9. The van der Waals surface area contributed by atoms with Gasteiger partial charge in [0.1, 0.15) is 5.75 Å². The summed E-state index contributed by atoms with van der Waals surface area (Å²) in [5.41, 5.74) is 5.06. The quantitative estimate of drug-likeness (QED) is 0.109. The molecule has 5 nitrogen and oxygen atoms in total. The predicted octanol–water partition coefficient (Wildman–Crippen LogP) is 8.63. The van der Waals surface area contributed by atoms with Gasteiger partial charge in [-0.15, -0.1) is 0 Å². The number of carbonyl (C=O) groups excluding carboxylic acids is 1. The summed E-state index contributed by atoms with van der Waals surface area (Å²) in [6, 6.07) is 12.2. The molecule has 0 aliphatic heterocycles. The monoisotopic (exact) mass is 569 g/mol. The Kier molecular flexibility index (Phi) is 14.6. The number of halogens is 1. The number of benzene rings is 2. The molecule has 218 valence electrons. The van der Waals surface area contributed by atoms with Crippen molar-refractivity contribution in [3.63, 3.8) is 0 Å². The summed E-state index contributed by atoms with van der Waals surface area (Å²) < 4.78 is 27.8. The third-order valence-corrected chi connectivity index (χ3v) is 7.83. The summed E-state index contributed by atoms with van der Waals surface area (Å²) >= 11 is 1.66. The number of carbonyl (C=O) groups is 1. The van der Waals surface area contributed by atoms with Gasteiger partial charge in [-0.2, -0.15) is 4.57 Å². The number of unbranched alkanes of at least 4 members (excludes halogenated alkanes) is 11. The molecule has 0 saturated carbocycles. The molecule has 0 aliphatic carbocycles. The largest absolute Gasteiger partial charge is 0.491 e. The highest BCUT2D eigenvalue weighted by Gasteiger charge is 2.11. The maximum absolute atomic E-state index is 14.5.